The third-order valence-corrected chi connectivity index (χ3v) is 6.56. The summed E-state index contributed by atoms with van der Waals surface area (Å²) in [5, 5.41) is 6.03. The van der Waals surface area contributed by atoms with Crippen LogP contribution in [0.5, 0.6) is 17.2 Å². The van der Waals surface area contributed by atoms with E-state index in [9.17, 15) is 9.59 Å². The standard InChI is InChI=1S/C28H29N3O5/c1-4-35-24-14-8-12-21-22-16-28(2,36-25(21)24)31(27(33)30-22)20-11-7-10-18(15-20)26(32)29-17-19-9-5-6-13-23(19)34-3/h5-15,22H,4,16-17H2,1-3H3,(H,29,32)(H,30,33). The molecular formula is C28H29N3O5. The Morgan fingerprint density at radius 3 is 2.72 bits per heavy atom. The number of carbonyl (C=O) groups excluding carboxylic acids is 2. The summed E-state index contributed by atoms with van der Waals surface area (Å²) in [6.45, 7) is 4.63. The lowest BCUT2D eigenvalue weighted by molar-refractivity contribution is 0.0343. The van der Waals surface area contributed by atoms with Gasteiger partial charge in [-0.25, -0.2) is 4.79 Å². The Kier molecular flexibility index (Phi) is 6.18. The van der Waals surface area contributed by atoms with E-state index >= 15 is 0 Å². The molecule has 2 unspecified atom stereocenters. The van der Waals surface area contributed by atoms with Gasteiger partial charge in [0.1, 0.15) is 5.75 Å². The molecule has 3 aromatic rings. The molecule has 2 bridgehead atoms. The van der Waals surface area contributed by atoms with E-state index in [4.69, 9.17) is 14.2 Å². The Morgan fingerprint density at radius 1 is 1.14 bits per heavy atom. The fraction of sp³-hybridized carbons (Fsp3) is 0.286. The van der Waals surface area contributed by atoms with Crippen molar-refractivity contribution in [3.05, 3.63) is 83.4 Å². The minimum Gasteiger partial charge on any atom is -0.496 e. The summed E-state index contributed by atoms with van der Waals surface area (Å²) < 4.78 is 17.6. The number of hydrogen-bond donors (Lipinski definition) is 2. The van der Waals surface area contributed by atoms with Crippen molar-refractivity contribution < 1.29 is 23.8 Å². The second-order valence-corrected chi connectivity index (χ2v) is 8.97. The van der Waals surface area contributed by atoms with E-state index in [1.165, 1.54) is 0 Å². The lowest BCUT2D eigenvalue weighted by Crippen LogP contribution is -2.65. The first kappa shape index (κ1) is 23.5. The smallest absolute Gasteiger partial charge is 0.325 e. The third-order valence-electron chi connectivity index (χ3n) is 6.56. The molecule has 8 nitrogen and oxygen atoms in total. The molecular weight excluding hydrogens is 458 g/mol. The van der Waals surface area contributed by atoms with Gasteiger partial charge in [0.25, 0.3) is 5.91 Å². The lowest BCUT2D eigenvalue weighted by atomic mass is 9.89. The highest BCUT2D eigenvalue weighted by atomic mass is 16.5. The summed E-state index contributed by atoms with van der Waals surface area (Å²) in [5.41, 5.74) is 1.82. The molecule has 2 heterocycles. The van der Waals surface area contributed by atoms with Crippen LogP contribution >= 0.6 is 0 Å². The Balaban J connectivity index is 1.41. The molecule has 186 valence electrons. The van der Waals surface area contributed by atoms with Crippen LogP contribution in [0.15, 0.2) is 66.7 Å². The number of methoxy groups -OCH3 is 1. The number of para-hydroxylation sites is 2. The maximum atomic E-state index is 13.3. The zero-order valence-electron chi connectivity index (χ0n) is 20.5. The largest absolute Gasteiger partial charge is 0.496 e. The fourth-order valence-corrected chi connectivity index (χ4v) is 4.93. The van der Waals surface area contributed by atoms with Crippen molar-refractivity contribution in [2.24, 2.45) is 0 Å². The lowest BCUT2D eigenvalue weighted by Gasteiger charge is -2.50. The maximum absolute atomic E-state index is 13.3. The van der Waals surface area contributed by atoms with Crippen molar-refractivity contribution in [3.8, 4) is 17.2 Å². The van der Waals surface area contributed by atoms with Crippen LogP contribution in [0, 0.1) is 0 Å². The number of anilines is 1. The van der Waals surface area contributed by atoms with Gasteiger partial charge in [0.05, 0.1) is 25.4 Å². The zero-order valence-corrected chi connectivity index (χ0v) is 20.5. The molecule has 0 spiro atoms. The highest BCUT2D eigenvalue weighted by Crippen LogP contribution is 2.49. The predicted octanol–water partition coefficient (Wildman–Crippen LogP) is 4.79. The molecule has 2 aliphatic heterocycles. The molecule has 2 N–H and O–H groups in total. The zero-order chi connectivity index (χ0) is 25.3. The van der Waals surface area contributed by atoms with E-state index in [1.807, 2.05) is 56.3 Å². The number of rotatable bonds is 7. The van der Waals surface area contributed by atoms with Crippen LogP contribution in [0.1, 0.15) is 47.8 Å². The maximum Gasteiger partial charge on any atom is 0.325 e. The Morgan fingerprint density at radius 2 is 1.92 bits per heavy atom. The first-order valence-corrected chi connectivity index (χ1v) is 12.0. The molecule has 0 aromatic heterocycles. The normalized spacial score (nSPS) is 20.0. The average Bonchev–Trinajstić information content (AvgIpc) is 2.88. The molecule has 0 saturated carbocycles. The van der Waals surface area contributed by atoms with Gasteiger partial charge >= 0.3 is 6.03 Å². The minimum absolute atomic E-state index is 0.199. The molecule has 1 fully saturated rings. The summed E-state index contributed by atoms with van der Waals surface area (Å²) >= 11 is 0. The monoisotopic (exact) mass is 487 g/mol. The highest BCUT2D eigenvalue weighted by Gasteiger charge is 2.50. The van der Waals surface area contributed by atoms with Gasteiger partial charge in [-0.3, -0.25) is 9.69 Å². The topological polar surface area (TPSA) is 89.1 Å². The van der Waals surface area contributed by atoms with Crippen LogP contribution in [0.3, 0.4) is 0 Å². The summed E-state index contributed by atoms with van der Waals surface area (Å²) in [6.07, 6.45) is 0.547. The van der Waals surface area contributed by atoms with E-state index in [0.29, 0.717) is 48.1 Å². The van der Waals surface area contributed by atoms with Gasteiger partial charge in [0.2, 0.25) is 0 Å². The molecule has 36 heavy (non-hydrogen) atoms. The van der Waals surface area contributed by atoms with Crippen molar-refractivity contribution in [3.63, 3.8) is 0 Å². The number of fused-ring (bicyclic) bond motifs is 4. The van der Waals surface area contributed by atoms with Crippen LogP contribution in [0.4, 0.5) is 10.5 Å². The Labute approximate surface area is 210 Å². The number of hydrogen-bond acceptors (Lipinski definition) is 5. The van der Waals surface area contributed by atoms with Crippen LogP contribution in [0.25, 0.3) is 0 Å². The van der Waals surface area contributed by atoms with Gasteiger partial charge < -0.3 is 24.8 Å². The van der Waals surface area contributed by atoms with Gasteiger partial charge in [-0.1, -0.05) is 36.4 Å². The Bertz CT molecular complexity index is 1310. The number of ether oxygens (including phenoxy) is 3. The number of nitrogens with zero attached hydrogens (tertiary/aromatic N) is 1. The number of amides is 3. The Hall–Kier alpha value is -4.20. The molecule has 8 heteroatoms. The second kappa shape index (κ2) is 9.45. The van der Waals surface area contributed by atoms with Crippen molar-refractivity contribution in [1.82, 2.24) is 10.6 Å². The number of nitrogens with one attached hydrogen (secondary N) is 2. The van der Waals surface area contributed by atoms with Crippen LogP contribution in [0.2, 0.25) is 0 Å². The molecule has 0 aliphatic carbocycles. The van der Waals surface area contributed by atoms with Gasteiger partial charge in [0, 0.05) is 29.7 Å². The molecule has 2 atom stereocenters. The first-order chi connectivity index (χ1) is 17.4. The summed E-state index contributed by atoms with van der Waals surface area (Å²) in [4.78, 5) is 27.9. The van der Waals surface area contributed by atoms with E-state index in [-0.39, 0.29) is 18.0 Å². The van der Waals surface area contributed by atoms with Crippen molar-refractivity contribution in [2.75, 3.05) is 18.6 Å². The van der Waals surface area contributed by atoms with Crippen LogP contribution in [-0.2, 0) is 6.54 Å². The number of carbonyl (C=O) groups is 2. The molecule has 3 amide bonds. The van der Waals surface area contributed by atoms with Crippen molar-refractivity contribution in [2.45, 2.75) is 38.6 Å². The van der Waals surface area contributed by atoms with Gasteiger partial charge in [-0.15, -0.1) is 0 Å². The van der Waals surface area contributed by atoms with Crippen LogP contribution < -0.4 is 29.7 Å². The van der Waals surface area contributed by atoms with Crippen molar-refractivity contribution in [1.29, 1.82) is 0 Å². The third kappa shape index (κ3) is 4.19. The SMILES string of the molecule is CCOc1cccc2c1OC1(C)CC2NC(=O)N1c1cccc(C(=O)NCc2ccccc2OC)c1. The van der Waals surface area contributed by atoms with Gasteiger partial charge in [-0.2, -0.15) is 0 Å². The summed E-state index contributed by atoms with van der Waals surface area (Å²) in [7, 11) is 1.60. The number of benzene rings is 3. The molecule has 0 radical (unpaired) electrons. The average molecular weight is 488 g/mol. The molecule has 2 aliphatic rings. The van der Waals surface area contributed by atoms with Crippen molar-refractivity contribution >= 4 is 17.6 Å². The predicted molar refractivity (Wildman–Crippen MR) is 136 cm³/mol. The minimum atomic E-state index is -0.959. The fourth-order valence-electron chi connectivity index (χ4n) is 4.93. The summed E-state index contributed by atoms with van der Waals surface area (Å²) in [5.74, 6) is 1.73. The van der Waals surface area contributed by atoms with E-state index < -0.39 is 5.72 Å². The van der Waals surface area contributed by atoms with Gasteiger partial charge in [-0.05, 0) is 44.2 Å². The number of urea groups is 1. The summed E-state index contributed by atoms with van der Waals surface area (Å²) in [6, 6.07) is 19.8. The molecule has 5 rings (SSSR count). The quantitative estimate of drug-likeness (QED) is 0.500. The van der Waals surface area contributed by atoms with E-state index in [1.54, 1.807) is 36.3 Å². The van der Waals surface area contributed by atoms with Gasteiger partial charge in [0.15, 0.2) is 17.2 Å². The molecule has 1 saturated heterocycles. The second-order valence-electron chi connectivity index (χ2n) is 8.97. The van der Waals surface area contributed by atoms with Crippen LogP contribution in [-0.4, -0.2) is 31.4 Å². The first-order valence-electron chi connectivity index (χ1n) is 12.0. The van der Waals surface area contributed by atoms with E-state index in [2.05, 4.69) is 10.6 Å². The highest BCUT2D eigenvalue weighted by molar-refractivity contribution is 5.99. The van der Waals surface area contributed by atoms with E-state index in [0.717, 1.165) is 11.1 Å². The molecule has 3 aromatic carbocycles.